The average molecular weight is 460 g/mol. The Morgan fingerprint density at radius 3 is 2.45 bits per heavy atom. The predicted octanol–water partition coefficient (Wildman–Crippen LogP) is 3.81. The molecule has 0 aliphatic carbocycles. The number of aromatic amines is 1. The molecule has 3 aromatic rings. The van der Waals surface area contributed by atoms with Crippen molar-refractivity contribution in [3.63, 3.8) is 0 Å². The molecule has 0 spiro atoms. The van der Waals surface area contributed by atoms with Gasteiger partial charge in [-0.2, -0.15) is 13.2 Å². The Kier molecular flexibility index (Phi) is 6.50. The molecule has 0 radical (unpaired) electrons. The molecule has 1 fully saturated rings. The molecule has 4 rings (SSSR count). The number of aromatic nitrogens is 2. The standard InChI is InChI=1S/C22H23F3N6O2/c23-22(24,25)20-29-17-7-6-16(12-18(17)30-20)26-19(32)13-31-10-8-15(9-11-31)28-21(33)27-14-4-2-1-3-5-14/h1-7,12,15H,8-11,13H2,(H,26,32)(H,29,30)(H2,27,28,33). The highest BCUT2D eigenvalue weighted by Gasteiger charge is 2.34. The monoisotopic (exact) mass is 460 g/mol. The molecule has 174 valence electrons. The molecule has 33 heavy (non-hydrogen) atoms. The Hall–Kier alpha value is -3.60. The summed E-state index contributed by atoms with van der Waals surface area (Å²) in [5.41, 5.74) is 1.47. The van der Waals surface area contributed by atoms with Gasteiger partial charge in [0, 0.05) is 30.5 Å². The first-order valence-electron chi connectivity index (χ1n) is 10.5. The quantitative estimate of drug-likeness (QED) is 0.465. The molecule has 1 aliphatic heterocycles. The first-order valence-corrected chi connectivity index (χ1v) is 10.5. The Balaban J connectivity index is 1.23. The van der Waals surface area contributed by atoms with Crippen molar-refractivity contribution in [2.75, 3.05) is 30.3 Å². The van der Waals surface area contributed by atoms with Crippen LogP contribution in [0.2, 0.25) is 0 Å². The number of imidazole rings is 1. The number of fused-ring (bicyclic) bond motifs is 1. The van der Waals surface area contributed by atoms with Crippen LogP contribution in [0.3, 0.4) is 0 Å². The number of para-hydroxylation sites is 1. The number of alkyl halides is 3. The molecule has 0 bridgehead atoms. The molecule has 2 aromatic carbocycles. The summed E-state index contributed by atoms with van der Waals surface area (Å²) in [6.07, 6.45) is -3.16. The number of anilines is 2. The number of amides is 3. The van der Waals surface area contributed by atoms with Crippen LogP contribution in [0.1, 0.15) is 18.7 Å². The topological polar surface area (TPSA) is 102 Å². The lowest BCUT2D eigenvalue weighted by molar-refractivity contribution is -0.144. The number of H-pyrrole nitrogens is 1. The van der Waals surface area contributed by atoms with Crippen LogP contribution in [0, 0.1) is 0 Å². The van der Waals surface area contributed by atoms with Crippen molar-refractivity contribution in [2.24, 2.45) is 0 Å². The summed E-state index contributed by atoms with van der Waals surface area (Å²) in [7, 11) is 0. The van der Waals surface area contributed by atoms with Crippen molar-refractivity contribution in [3.05, 3.63) is 54.4 Å². The number of halogens is 3. The highest BCUT2D eigenvalue weighted by Crippen LogP contribution is 2.29. The summed E-state index contributed by atoms with van der Waals surface area (Å²) in [4.78, 5) is 32.2. The summed E-state index contributed by atoms with van der Waals surface area (Å²) >= 11 is 0. The maximum Gasteiger partial charge on any atom is 0.449 e. The summed E-state index contributed by atoms with van der Waals surface area (Å²) in [6.45, 7) is 1.42. The lowest BCUT2D eigenvalue weighted by Gasteiger charge is -2.31. The number of likely N-dealkylation sites (tertiary alicyclic amines) is 1. The predicted molar refractivity (Wildman–Crippen MR) is 118 cm³/mol. The van der Waals surface area contributed by atoms with Gasteiger partial charge in [-0.1, -0.05) is 18.2 Å². The summed E-state index contributed by atoms with van der Waals surface area (Å²) < 4.78 is 38.4. The van der Waals surface area contributed by atoms with Gasteiger partial charge in [0.05, 0.1) is 17.6 Å². The number of rotatable bonds is 5. The zero-order valence-corrected chi connectivity index (χ0v) is 17.6. The molecule has 11 heteroatoms. The van der Waals surface area contributed by atoms with Crippen LogP contribution in [0.25, 0.3) is 11.0 Å². The van der Waals surface area contributed by atoms with Gasteiger partial charge in [-0.25, -0.2) is 9.78 Å². The summed E-state index contributed by atoms with van der Waals surface area (Å²) in [5, 5.41) is 8.44. The van der Waals surface area contributed by atoms with Gasteiger partial charge in [-0.05, 0) is 43.2 Å². The van der Waals surface area contributed by atoms with Crippen molar-refractivity contribution in [1.82, 2.24) is 20.2 Å². The molecular weight excluding hydrogens is 437 g/mol. The Bertz CT molecular complexity index is 1120. The number of piperidine rings is 1. The van der Waals surface area contributed by atoms with E-state index >= 15 is 0 Å². The van der Waals surface area contributed by atoms with Gasteiger partial charge < -0.3 is 20.9 Å². The Labute approximate surface area is 187 Å². The lowest BCUT2D eigenvalue weighted by atomic mass is 10.1. The summed E-state index contributed by atoms with van der Waals surface area (Å²) in [6, 6.07) is 13.3. The zero-order valence-electron chi connectivity index (χ0n) is 17.6. The number of carbonyl (C=O) groups is 2. The second-order valence-electron chi connectivity index (χ2n) is 7.88. The highest BCUT2D eigenvalue weighted by molar-refractivity contribution is 5.94. The molecule has 2 heterocycles. The minimum Gasteiger partial charge on any atom is -0.335 e. The van der Waals surface area contributed by atoms with E-state index < -0.39 is 12.0 Å². The van der Waals surface area contributed by atoms with Crippen molar-refractivity contribution in [1.29, 1.82) is 0 Å². The Morgan fingerprint density at radius 2 is 1.76 bits per heavy atom. The van der Waals surface area contributed by atoms with E-state index in [2.05, 4.69) is 25.9 Å². The van der Waals surface area contributed by atoms with Crippen LogP contribution in [0.5, 0.6) is 0 Å². The first-order chi connectivity index (χ1) is 15.8. The van der Waals surface area contributed by atoms with Crippen LogP contribution in [-0.2, 0) is 11.0 Å². The van der Waals surface area contributed by atoms with E-state index in [0.717, 1.165) is 0 Å². The second kappa shape index (κ2) is 9.49. The molecule has 0 saturated carbocycles. The molecule has 0 unspecified atom stereocenters. The van der Waals surface area contributed by atoms with E-state index in [0.29, 0.717) is 37.3 Å². The fourth-order valence-electron chi connectivity index (χ4n) is 3.73. The highest BCUT2D eigenvalue weighted by atomic mass is 19.4. The molecule has 3 amide bonds. The third-order valence-electron chi connectivity index (χ3n) is 5.36. The molecule has 1 aliphatic rings. The van der Waals surface area contributed by atoms with E-state index in [-0.39, 0.29) is 35.6 Å². The number of urea groups is 1. The number of hydrogen-bond donors (Lipinski definition) is 4. The normalized spacial score (nSPS) is 15.4. The maximum atomic E-state index is 12.8. The minimum atomic E-state index is -4.56. The van der Waals surface area contributed by atoms with Gasteiger partial charge in [0.15, 0.2) is 0 Å². The fraction of sp³-hybridized carbons (Fsp3) is 0.318. The van der Waals surface area contributed by atoms with E-state index in [1.807, 2.05) is 23.1 Å². The number of nitrogens with one attached hydrogen (secondary N) is 4. The third kappa shape index (κ3) is 6.01. The van der Waals surface area contributed by atoms with Crippen molar-refractivity contribution < 1.29 is 22.8 Å². The first kappa shape index (κ1) is 22.6. The van der Waals surface area contributed by atoms with Gasteiger partial charge in [0.25, 0.3) is 0 Å². The number of nitrogens with zero attached hydrogens (tertiary/aromatic N) is 2. The molecule has 0 atom stereocenters. The fourth-order valence-corrected chi connectivity index (χ4v) is 3.73. The lowest BCUT2D eigenvalue weighted by Crippen LogP contribution is -2.47. The minimum absolute atomic E-state index is 0.0126. The van der Waals surface area contributed by atoms with Gasteiger partial charge >= 0.3 is 12.2 Å². The van der Waals surface area contributed by atoms with E-state index in [9.17, 15) is 22.8 Å². The van der Waals surface area contributed by atoms with Gasteiger partial charge in [-0.3, -0.25) is 9.69 Å². The molecule has 8 nitrogen and oxygen atoms in total. The van der Waals surface area contributed by atoms with Gasteiger partial charge in [-0.15, -0.1) is 0 Å². The Morgan fingerprint density at radius 1 is 1.03 bits per heavy atom. The second-order valence-corrected chi connectivity index (χ2v) is 7.88. The molecule has 4 N–H and O–H groups in total. The number of benzene rings is 2. The number of hydrogen-bond acceptors (Lipinski definition) is 4. The summed E-state index contributed by atoms with van der Waals surface area (Å²) in [5.74, 6) is -1.34. The largest absolute Gasteiger partial charge is 0.449 e. The molecule has 1 saturated heterocycles. The number of carbonyl (C=O) groups excluding carboxylic acids is 2. The molecular formula is C22H23F3N6O2. The third-order valence-corrected chi connectivity index (χ3v) is 5.36. The maximum absolute atomic E-state index is 12.8. The van der Waals surface area contributed by atoms with Crippen LogP contribution in [-0.4, -0.2) is 52.5 Å². The van der Waals surface area contributed by atoms with Crippen LogP contribution in [0.15, 0.2) is 48.5 Å². The average Bonchev–Trinajstić information content (AvgIpc) is 3.20. The van der Waals surface area contributed by atoms with E-state index in [1.165, 1.54) is 18.2 Å². The van der Waals surface area contributed by atoms with Crippen molar-refractivity contribution in [3.8, 4) is 0 Å². The van der Waals surface area contributed by atoms with Crippen molar-refractivity contribution >= 4 is 34.3 Å². The van der Waals surface area contributed by atoms with Gasteiger partial charge in [0.1, 0.15) is 0 Å². The SMILES string of the molecule is O=C(CN1CCC(NC(=O)Nc2ccccc2)CC1)Nc1ccc2nc(C(F)(F)F)[nH]c2c1. The molecule has 1 aromatic heterocycles. The van der Waals surface area contributed by atoms with E-state index in [4.69, 9.17) is 0 Å². The zero-order chi connectivity index (χ0) is 23.4. The van der Waals surface area contributed by atoms with Crippen LogP contribution < -0.4 is 16.0 Å². The van der Waals surface area contributed by atoms with Crippen LogP contribution >= 0.6 is 0 Å². The smallest absolute Gasteiger partial charge is 0.335 e. The van der Waals surface area contributed by atoms with Crippen LogP contribution in [0.4, 0.5) is 29.3 Å². The van der Waals surface area contributed by atoms with E-state index in [1.54, 1.807) is 12.1 Å². The van der Waals surface area contributed by atoms with Gasteiger partial charge in [0.2, 0.25) is 11.7 Å². The van der Waals surface area contributed by atoms with Crippen molar-refractivity contribution in [2.45, 2.75) is 25.1 Å².